The van der Waals surface area contributed by atoms with E-state index in [1.807, 2.05) is 6.08 Å². The molecule has 0 N–H and O–H groups in total. The van der Waals surface area contributed by atoms with E-state index >= 15 is 0 Å². The van der Waals surface area contributed by atoms with Crippen molar-refractivity contribution in [1.29, 1.82) is 0 Å². The number of hydrogen-bond acceptors (Lipinski definition) is 1. The molecular formula is C48H33N3. The van der Waals surface area contributed by atoms with Crippen molar-refractivity contribution in [3.63, 3.8) is 0 Å². The molecule has 0 saturated heterocycles. The molecule has 0 aliphatic rings. The van der Waals surface area contributed by atoms with Crippen molar-refractivity contribution in [2.24, 2.45) is 0 Å². The Hall–Kier alpha value is -6.71. The van der Waals surface area contributed by atoms with Gasteiger partial charge in [0, 0.05) is 33.0 Å². The van der Waals surface area contributed by atoms with E-state index in [1.165, 1.54) is 49.5 Å². The molecule has 3 aromatic heterocycles. The molecule has 10 aromatic rings. The predicted molar refractivity (Wildman–Crippen MR) is 216 cm³/mol. The summed E-state index contributed by atoms with van der Waals surface area (Å²) >= 11 is 0. The summed E-state index contributed by atoms with van der Waals surface area (Å²) in [4.78, 5) is 5.14. The first-order valence-corrected chi connectivity index (χ1v) is 17.4. The third-order valence-corrected chi connectivity index (χ3v) is 10.4. The third-order valence-electron chi connectivity index (χ3n) is 10.4. The number of para-hydroxylation sites is 3. The zero-order valence-corrected chi connectivity index (χ0v) is 28.2. The Kier molecular flexibility index (Phi) is 6.55. The largest absolute Gasteiger partial charge is 0.309 e. The van der Waals surface area contributed by atoms with Gasteiger partial charge >= 0.3 is 0 Å². The molecule has 3 nitrogen and oxygen atoms in total. The van der Waals surface area contributed by atoms with Gasteiger partial charge in [0.25, 0.3) is 0 Å². The lowest BCUT2D eigenvalue weighted by molar-refractivity contribution is 1.13. The summed E-state index contributed by atoms with van der Waals surface area (Å²) in [7, 11) is 0. The van der Waals surface area contributed by atoms with Crippen LogP contribution in [-0.2, 0) is 0 Å². The molecule has 3 heteroatoms. The van der Waals surface area contributed by atoms with Crippen LogP contribution in [0, 0.1) is 6.92 Å². The van der Waals surface area contributed by atoms with Crippen LogP contribution < -0.4 is 0 Å². The fourth-order valence-electron chi connectivity index (χ4n) is 8.00. The maximum absolute atomic E-state index is 5.14. The molecule has 0 bridgehead atoms. The summed E-state index contributed by atoms with van der Waals surface area (Å²) < 4.78 is 4.73. The number of nitrogens with zero attached hydrogens (tertiary/aromatic N) is 3. The fourth-order valence-corrected chi connectivity index (χ4v) is 8.00. The smallest absolute Gasteiger partial charge is 0.146 e. The van der Waals surface area contributed by atoms with E-state index < -0.39 is 0 Å². The second kappa shape index (κ2) is 11.4. The summed E-state index contributed by atoms with van der Waals surface area (Å²) in [5.74, 6) is 0. The van der Waals surface area contributed by atoms with Gasteiger partial charge in [0.1, 0.15) is 5.65 Å². The summed E-state index contributed by atoms with van der Waals surface area (Å²) in [5.41, 5.74) is 16.0. The highest BCUT2D eigenvalue weighted by atomic mass is 15.0. The van der Waals surface area contributed by atoms with Crippen molar-refractivity contribution in [1.82, 2.24) is 14.0 Å². The van der Waals surface area contributed by atoms with Crippen LogP contribution in [0.2, 0.25) is 0 Å². The average molecular weight is 652 g/mol. The van der Waals surface area contributed by atoms with Crippen LogP contribution in [-0.4, -0.2) is 14.0 Å². The van der Waals surface area contributed by atoms with E-state index in [4.69, 9.17) is 4.98 Å². The molecule has 7 aromatic carbocycles. The summed E-state index contributed by atoms with van der Waals surface area (Å²) in [6.07, 6.45) is 2.03. The fraction of sp³-hybridized carbons (Fsp3) is 0.0208. The lowest BCUT2D eigenvalue weighted by Crippen LogP contribution is -2.00. The number of rotatable bonds is 5. The van der Waals surface area contributed by atoms with E-state index in [1.54, 1.807) is 0 Å². The highest BCUT2D eigenvalue weighted by Gasteiger charge is 2.22. The Morgan fingerprint density at radius 2 is 1.18 bits per heavy atom. The minimum Gasteiger partial charge on any atom is -0.309 e. The summed E-state index contributed by atoms with van der Waals surface area (Å²) in [6.45, 7) is 6.56. The molecule has 240 valence electrons. The van der Waals surface area contributed by atoms with Crippen LogP contribution in [0.3, 0.4) is 0 Å². The van der Waals surface area contributed by atoms with Crippen molar-refractivity contribution in [2.75, 3.05) is 0 Å². The quantitative estimate of drug-likeness (QED) is 0.170. The van der Waals surface area contributed by atoms with Gasteiger partial charge in [0.2, 0.25) is 0 Å². The van der Waals surface area contributed by atoms with Crippen LogP contribution in [0.25, 0.3) is 94.5 Å². The Labute approximate surface area is 296 Å². The van der Waals surface area contributed by atoms with Crippen molar-refractivity contribution in [3.8, 4) is 39.2 Å². The summed E-state index contributed by atoms with van der Waals surface area (Å²) in [6, 6.07) is 58.9. The van der Waals surface area contributed by atoms with Crippen LogP contribution >= 0.6 is 0 Å². The van der Waals surface area contributed by atoms with Crippen molar-refractivity contribution >= 4 is 55.3 Å². The maximum Gasteiger partial charge on any atom is 0.146 e. The molecule has 0 atom stereocenters. The minimum absolute atomic E-state index is 0.975. The number of benzene rings is 7. The molecule has 0 fully saturated rings. The van der Waals surface area contributed by atoms with Gasteiger partial charge in [-0.05, 0) is 88.7 Å². The lowest BCUT2D eigenvalue weighted by atomic mass is 9.97. The Morgan fingerprint density at radius 3 is 1.98 bits per heavy atom. The van der Waals surface area contributed by atoms with Crippen molar-refractivity contribution < 1.29 is 0 Å². The molecule has 10 rings (SSSR count). The molecule has 0 unspecified atom stereocenters. The first kappa shape index (κ1) is 29.2. The van der Waals surface area contributed by atoms with Gasteiger partial charge in [0.15, 0.2) is 0 Å². The van der Waals surface area contributed by atoms with Gasteiger partial charge < -0.3 is 4.57 Å². The van der Waals surface area contributed by atoms with E-state index in [9.17, 15) is 0 Å². The first-order valence-electron chi connectivity index (χ1n) is 17.4. The molecule has 3 heterocycles. The second-order valence-corrected chi connectivity index (χ2v) is 13.3. The van der Waals surface area contributed by atoms with Crippen LogP contribution in [0.5, 0.6) is 0 Å². The topological polar surface area (TPSA) is 22.2 Å². The van der Waals surface area contributed by atoms with E-state index in [0.717, 1.165) is 50.0 Å². The number of fused-ring (bicyclic) bond motifs is 9. The zero-order chi connectivity index (χ0) is 34.1. The average Bonchev–Trinajstić information content (AvgIpc) is 3.74. The second-order valence-electron chi connectivity index (χ2n) is 13.3. The van der Waals surface area contributed by atoms with E-state index in [2.05, 4.69) is 186 Å². The Balaban J connectivity index is 1.23. The van der Waals surface area contributed by atoms with Gasteiger partial charge in [-0.25, -0.2) is 4.98 Å². The molecule has 51 heavy (non-hydrogen) atoms. The maximum atomic E-state index is 5.14. The highest BCUT2D eigenvalue weighted by Crippen LogP contribution is 2.42. The van der Waals surface area contributed by atoms with Gasteiger partial charge in [-0.15, -0.1) is 0 Å². The normalized spacial score (nSPS) is 11.7. The van der Waals surface area contributed by atoms with E-state index in [0.29, 0.717) is 0 Å². The van der Waals surface area contributed by atoms with Gasteiger partial charge in [-0.2, -0.15) is 0 Å². The van der Waals surface area contributed by atoms with Crippen LogP contribution in [0.15, 0.2) is 170 Å². The molecule has 0 radical (unpaired) electrons. The highest BCUT2D eigenvalue weighted by molar-refractivity contribution is 6.14. The van der Waals surface area contributed by atoms with Crippen molar-refractivity contribution in [3.05, 3.63) is 181 Å². The van der Waals surface area contributed by atoms with Gasteiger partial charge in [0.05, 0.1) is 27.8 Å². The molecule has 0 saturated carbocycles. The Morgan fingerprint density at radius 1 is 0.510 bits per heavy atom. The molecule has 0 aliphatic heterocycles. The van der Waals surface area contributed by atoms with Gasteiger partial charge in [-0.1, -0.05) is 128 Å². The van der Waals surface area contributed by atoms with Crippen LogP contribution in [0.1, 0.15) is 11.1 Å². The van der Waals surface area contributed by atoms with Crippen molar-refractivity contribution in [2.45, 2.75) is 6.92 Å². The molecule has 0 spiro atoms. The SMILES string of the molecule is C=Cc1c(-c2ccccc2C)n(-c2ccc3c(c2)c2ccccc2n2c4ccccc4nc32)c2ccc(-c3ccc(-c4ccccc4)cc3)cc12. The Bertz CT molecular complexity index is 2980. The standard InChI is InChI=1S/C48H33N3/c1-3-37-42-29-35(34-23-21-33(22-24-34)32-14-5-4-6-15-32)25-28-45(42)50(47(37)38-16-8-7-13-31(38)2)36-26-27-40-41(30-36)39-17-9-11-19-44(39)51-46-20-12-10-18-43(46)49-48(40)51/h3-30H,1H2,2H3. The first-order chi connectivity index (χ1) is 25.2. The number of aromatic nitrogens is 3. The van der Waals surface area contributed by atoms with Gasteiger partial charge in [-0.3, -0.25) is 4.40 Å². The number of aryl methyl sites for hydroxylation is 1. The van der Waals surface area contributed by atoms with Crippen LogP contribution in [0.4, 0.5) is 0 Å². The summed E-state index contributed by atoms with van der Waals surface area (Å²) in [5, 5.41) is 4.68. The minimum atomic E-state index is 0.975. The number of pyridine rings is 1. The van der Waals surface area contributed by atoms with E-state index in [-0.39, 0.29) is 0 Å². The lowest BCUT2D eigenvalue weighted by Gasteiger charge is -2.16. The zero-order valence-electron chi connectivity index (χ0n) is 28.2. The third kappa shape index (κ3) is 4.48. The predicted octanol–water partition coefficient (Wildman–Crippen LogP) is 12.7. The molecule has 0 aliphatic carbocycles. The molecule has 0 amide bonds. The molecular weight excluding hydrogens is 619 g/mol. The number of hydrogen-bond donors (Lipinski definition) is 0. The monoisotopic (exact) mass is 651 g/mol. The number of imidazole rings is 1.